The molecule has 0 bridgehead atoms. The second kappa shape index (κ2) is 4.47. The summed E-state index contributed by atoms with van der Waals surface area (Å²) in [5.41, 5.74) is 6.06. The first-order valence-electron chi connectivity index (χ1n) is 5.13. The first kappa shape index (κ1) is 12.7. The van der Waals surface area contributed by atoms with E-state index >= 15 is 0 Å². The number of methoxy groups -OCH3 is 1. The molecule has 94 valence electrons. The van der Waals surface area contributed by atoms with Gasteiger partial charge in [0.25, 0.3) is 0 Å². The van der Waals surface area contributed by atoms with Crippen molar-refractivity contribution in [3.63, 3.8) is 0 Å². The van der Waals surface area contributed by atoms with Gasteiger partial charge in [-0.25, -0.2) is 4.79 Å². The van der Waals surface area contributed by atoms with Crippen LogP contribution in [0.2, 0.25) is 5.02 Å². The van der Waals surface area contributed by atoms with E-state index in [0.717, 1.165) is 5.56 Å². The fraction of sp³-hybridized carbons (Fsp3) is 0.273. The van der Waals surface area contributed by atoms with Crippen LogP contribution in [-0.2, 0) is 15.2 Å². The largest absolute Gasteiger partial charge is 0.464 e. The topological polar surface area (TPSA) is 89.4 Å². The molecule has 0 fully saturated rings. The highest BCUT2D eigenvalue weighted by molar-refractivity contribution is 6.40. The number of hydrogen-bond acceptors (Lipinski definition) is 6. The maximum absolute atomic E-state index is 11.6. The summed E-state index contributed by atoms with van der Waals surface area (Å²) in [7, 11) is 1.25. The summed E-state index contributed by atoms with van der Waals surface area (Å²) < 4.78 is 4.62. The third kappa shape index (κ3) is 1.89. The first-order chi connectivity index (χ1) is 8.49. The van der Waals surface area contributed by atoms with Crippen LogP contribution in [-0.4, -0.2) is 18.8 Å². The Hall–Kier alpha value is -1.79. The highest BCUT2D eigenvalue weighted by Gasteiger charge is 2.43. The van der Waals surface area contributed by atoms with Crippen molar-refractivity contribution in [3.8, 4) is 0 Å². The van der Waals surface area contributed by atoms with Crippen molar-refractivity contribution in [1.29, 1.82) is 0 Å². The number of hydrogen-bond donors (Lipinski definition) is 1. The number of rotatable bonds is 2. The van der Waals surface area contributed by atoms with Crippen molar-refractivity contribution in [2.75, 3.05) is 7.11 Å². The van der Waals surface area contributed by atoms with Crippen LogP contribution in [0.25, 0.3) is 0 Å². The third-order valence-corrected chi connectivity index (χ3v) is 2.92. The molecule has 1 aromatic carbocycles. The molecule has 1 aliphatic heterocycles. The van der Waals surface area contributed by atoms with Gasteiger partial charge in [-0.3, -0.25) is 5.73 Å². The van der Waals surface area contributed by atoms with Crippen molar-refractivity contribution in [2.24, 2.45) is 21.2 Å². The number of nitrogens with zero attached hydrogens (tertiary/aromatic N) is 3. The summed E-state index contributed by atoms with van der Waals surface area (Å²) in [6.07, 6.45) is 0. The molecule has 1 heterocycles. The van der Waals surface area contributed by atoms with Crippen molar-refractivity contribution >= 4 is 23.3 Å². The standard InChI is InChI=1S/C11H11ClN4O2/c1-6-5-7(12)3-4-8(6)11(13)9(10(17)18-2)14-16-15-11/h3-5H,13H2,1-2H3. The van der Waals surface area contributed by atoms with Crippen molar-refractivity contribution in [2.45, 2.75) is 12.6 Å². The van der Waals surface area contributed by atoms with Gasteiger partial charge in [-0.2, -0.15) is 0 Å². The molecule has 0 aromatic heterocycles. The molecule has 7 heteroatoms. The molecule has 6 nitrogen and oxygen atoms in total. The molecule has 1 atom stereocenters. The second-order valence-corrected chi connectivity index (χ2v) is 4.29. The predicted octanol–water partition coefficient (Wildman–Crippen LogP) is 1.75. The van der Waals surface area contributed by atoms with Gasteiger partial charge in [0.15, 0.2) is 5.71 Å². The summed E-state index contributed by atoms with van der Waals surface area (Å²) in [6.45, 7) is 1.82. The van der Waals surface area contributed by atoms with Gasteiger partial charge in [0.2, 0.25) is 5.66 Å². The Morgan fingerprint density at radius 2 is 2.22 bits per heavy atom. The lowest BCUT2D eigenvalue weighted by Gasteiger charge is -2.22. The van der Waals surface area contributed by atoms with Crippen LogP contribution in [0.15, 0.2) is 33.6 Å². The van der Waals surface area contributed by atoms with Crippen molar-refractivity contribution in [1.82, 2.24) is 0 Å². The molecule has 0 saturated heterocycles. The third-order valence-electron chi connectivity index (χ3n) is 2.69. The highest BCUT2D eigenvalue weighted by atomic mass is 35.5. The zero-order chi connectivity index (χ0) is 13.3. The monoisotopic (exact) mass is 266 g/mol. The van der Waals surface area contributed by atoms with Crippen LogP contribution in [0.3, 0.4) is 0 Å². The van der Waals surface area contributed by atoms with Crippen LogP contribution >= 0.6 is 11.6 Å². The summed E-state index contributed by atoms with van der Waals surface area (Å²) in [5.74, 6) is -0.656. The SMILES string of the molecule is COC(=O)C1=NN=NC1(N)c1ccc(Cl)cc1C. The Morgan fingerprint density at radius 1 is 1.50 bits per heavy atom. The number of halogens is 1. The number of esters is 1. The highest BCUT2D eigenvalue weighted by Crippen LogP contribution is 2.31. The lowest BCUT2D eigenvalue weighted by atomic mass is 9.92. The fourth-order valence-corrected chi connectivity index (χ4v) is 2.02. The lowest BCUT2D eigenvalue weighted by Crippen LogP contribution is -2.46. The molecule has 18 heavy (non-hydrogen) atoms. The van der Waals surface area contributed by atoms with Gasteiger partial charge in [0, 0.05) is 10.6 Å². The number of benzene rings is 1. The minimum absolute atomic E-state index is 0.0459. The molecule has 0 saturated carbocycles. The van der Waals surface area contributed by atoms with Gasteiger partial charge in [0.1, 0.15) is 0 Å². The van der Waals surface area contributed by atoms with E-state index < -0.39 is 11.6 Å². The van der Waals surface area contributed by atoms with Crippen molar-refractivity contribution in [3.05, 3.63) is 34.3 Å². The number of aryl methyl sites for hydroxylation is 1. The van der Waals surface area contributed by atoms with Crippen LogP contribution in [0.5, 0.6) is 0 Å². The summed E-state index contributed by atoms with van der Waals surface area (Å²) in [5, 5.41) is 11.5. The number of carbonyl (C=O) groups is 1. The smallest absolute Gasteiger partial charge is 0.358 e. The number of nitrogens with two attached hydrogens (primary N) is 1. The van der Waals surface area contributed by atoms with Gasteiger partial charge in [0.05, 0.1) is 7.11 Å². The van der Waals surface area contributed by atoms with Crippen LogP contribution < -0.4 is 5.73 Å². The maximum Gasteiger partial charge on any atom is 0.358 e. The molecule has 0 spiro atoms. The van der Waals surface area contributed by atoms with Gasteiger partial charge in [-0.1, -0.05) is 17.7 Å². The summed E-state index contributed by atoms with van der Waals surface area (Å²) in [4.78, 5) is 11.6. The predicted molar refractivity (Wildman–Crippen MR) is 66.4 cm³/mol. The minimum Gasteiger partial charge on any atom is -0.464 e. The van der Waals surface area contributed by atoms with E-state index in [2.05, 4.69) is 20.2 Å². The van der Waals surface area contributed by atoms with Crippen LogP contribution in [0.1, 0.15) is 11.1 Å². The van der Waals surface area contributed by atoms with E-state index in [9.17, 15) is 4.79 Å². The van der Waals surface area contributed by atoms with Crippen LogP contribution in [0.4, 0.5) is 0 Å². The molecule has 2 N–H and O–H groups in total. The average molecular weight is 267 g/mol. The molecule has 2 rings (SSSR count). The molecule has 1 unspecified atom stereocenters. The first-order valence-corrected chi connectivity index (χ1v) is 5.51. The molecule has 1 aliphatic rings. The fourth-order valence-electron chi connectivity index (χ4n) is 1.79. The lowest BCUT2D eigenvalue weighted by molar-refractivity contribution is -0.133. The van der Waals surface area contributed by atoms with E-state index in [1.165, 1.54) is 7.11 Å². The van der Waals surface area contributed by atoms with Gasteiger partial charge < -0.3 is 4.74 Å². The average Bonchev–Trinajstić information content (AvgIpc) is 2.71. The van der Waals surface area contributed by atoms with E-state index in [1.807, 2.05) is 6.92 Å². The summed E-state index contributed by atoms with van der Waals surface area (Å²) in [6, 6.07) is 5.09. The van der Waals surface area contributed by atoms with Gasteiger partial charge in [-0.05, 0) is 29.8 Å². The second-order valence-electron chi connectivity index (χ2n) is 3.86. The quantitative estimate of drug-likeness (QED) is 0.827. The Kier molecular flexibility index (Phi) is 3.14. The number of ether oxygens (including phenoxy) is 1. The van der Waals surface area contributed by atoms with E-state index in [-0.39, 0.29) is 5.71 Å². The van der Waals surface area contributed by atoms with Gasteiger partial charge in [-0.15, -0.1) is 10.2 Å². The summed E-state index contributed by atoms with van der Waals surface area (Å²) >= 11 is 5.88. The maximum atomic E-state index is 11.6. The zero-order valence-corrected chi connectivity index (χ0v) is 10.6. The van der Waals surface area contributed by atoms with Crippen molar-refractivity contribution < 1.29 is 9.53 Å². The Balaban J connectivity index is 2.51. The molecule has 0 amide bonds. The minimum atomic E-state index is -1.41. The Labute approximate surface area is 108 Å². The van der Waals surface area contributed by atoms with Gasteiger partial charge >= 0.3 is 5.97 Å². The molecule has 0 radical (unpaired) electrons. The normalized spacial score (nSPS) is 21.9. The Bertz CT molecular complexity index is 570. The molecule has 0 aliphatic carbocycles. The van der Waals surface area contributed by atoms with E-state index in [1.54, 1.807) is 18.2 Å². The number of carbonyl (C=O) groups excluding carboxylic acids is 1. The van der Waals surface area contributed by atoms with E-state index in [4.69, 9.17) is 17.3 Å². The van der Waals surface area contributed by atoms with Crippen LogP contribution in [0, 0.1) is 6.92 Å². The molecular formula is C11H11ClN4O2. The zero-order valence-electron chi connectivity index (χ0n) is 9.85. The van der Waals surface area contributed by atoms with E-state index in [0.29, 0.717) is 10.6 Å². The Morgan fingerprint density at radius 3 is 2.83 bits per heavy atom. The molecule has 1 aromatic rings. The molecular weight excluding hydrogens is 256 g/mol.